The smallest absolute Gasteiger partial charge is 0.352 e. The highest BCUT2D eigenvalue weighted by Gasteiger charge is 2.08. The van der Waals surface area contributed by atoms with E-state index in [1.165, 1.54) is 5.06 Å². The standard InChI is InChI=1S/C9H17NO2/c1-5-7-8(6-2)9(11)12-10(3)4/h7H,5-6H2,1-4H3. The first-order chi connectivity index (χ1) is 5.61. The third kappa shape index (κ3) is 4.13. The first-order valence-corrected chi connectivity index (χ1v) is 4.20. The summed E-state index contributed by atoms with van der Waals surface area (Å²) in [5.74, 6) is -0.246. The Kier molecular flexibility index (Phi) is 5.37. The van der Waals surface area contributed by atoms with Gasteiger partial charge in [-0.25, -0.2) is 4.79 Å². The van der Waals surface area contributed by atoms with Crippen LogP contribution in [0.15, 0.2) is 11.6 Å². The first-order valence-electron chi connectivity index (χ1n) is 4.20. The lowest BCUT2D eigenvalue weighted by atomic mass is 10.2. The third-order valence-electron chi connectivity index (χ3n) is 1.36. The topological polar surface area (TPSA) is 29.5 Å². The fourth-order valence-corrected chi connectivity index (χ4v) is 0.843. The van der Waals surface area contributed by atoms with Gasteiger partial charge in [0.25, 0.3) is 0 Å². The van der Waals surface area contributed by atoms with E-state index in [1.807, 2.05) is 19.9 Å². The zero-order valence-corrected chi connectivity index (χ0v) is 8.26. The van der Waals surface area contributed by atoms with E-state index in [0.29, 0.717) is 0 Å². The molecule has 0 rings (SSSR count). The van der Waals surface area contributed by atoms with Gasteiger partial charge in [0.2, 0.25) is 0 Å². The predicted molar refractivity (Wildman–Crippen MR) is 48.4 cm³/mol. The Morgan fingerprint density at radius 1 is 1.42 bits per heavy atom. The molecule has 0 aromatic heterocycles. The van der Waals surface area contributed by atoms with Gasteiger partial charge < -0.3 is 4.84 Å². The number of carbonyl (C=O) groups excluding carboxylic acids is 1. The summed E-state index contributed by atoms with van der Waals surface area (Å²) in [5, 5.41) is 1.40. The number of rotatable bonds is 4. The number of allylic oxidation sites excluding steroid dienone is 1. The molecule has 0 heterocycles. The van der Waals surface area contributed by atoms with Crippen molar-refractivity contribution in [3.05, 3.63) is 11.6 Å². The quantitative estimate of drug-likeness (QED) is 0.476. The minimum Gasteiger partial charge on any atom is -0.365 e. The third-order valence-corrected chi connectivity index (χ3v) is 1.36. The van der Waals surface area contributed by atoms with E-state index in [0.717, 1.165) is 18.4 Å². The van der Waals surface area contributed by atoms with Crippen molar-refractivity contribution in [1.29, 1.82) is 0 Å². The van der Waals surface area contributed by atoms with E-state index in [-0.39, 0.29) is 5.97 Å². The molecule has 0 aromatic rings. The molecule has 0 N–H and O–H groups in total. The number of hydrogen-bond donors (Lipinski definition) is 0. The molecule has 0 aromatic carbocycles. The second kappa shape index (κ2) is 5.77. The van der Waals surface area contributed by atoms with Crippen LogP contribution in [0.4, 0.5) is 0 Å². The first kappa shape index (κ1) is 11.2. The molecule has 0 aliphatic carbocycles. The van der Waals surface area contributed by atoms with E-state index in [2.05, 4.69) is 0 Å². The molecule has 12 heavy (non-hydrogen) atoms. The van der Waals surface area contributed by atoms with Gasteiger partial charge in [-0.1, -0.05) is 19.9 Å². The zero-order valence-electron chi connectivity index (χ0n) is 8.26. The molecule has 0 spiro atoms. The molecular formula is C9H17NO2. The summed E-state index contributed by atoms with van der Waals surface area (Å²) in [6.45, 7) is 3.94. The average molecular weight is 171 g/mol. The lowest BCUT2D eigenvalue weighted by molar-refractivity contribution is -0.173. The largest absolute Gasteiger partial charge is 0.365 e. The number of hydroxylamine groups is 2. The summed E-state index contributed by atoms with van der Waals surface area (Å²) in [6.07, 6.45) is 3.48. The van der Waals surface area contributed by atoms with Crippen LogP contribution in [0.5, 0.6) is 0 Å². The van der Waals surface area contributed by atoms with Crippen LogP contribution in [0.1, 0.15) is 26.7 Å². The minimum absolute atomic E-state index is 0.246. The van der Waals surface area contributed by atoms with Crippen LogP contribution in [-0.4, -0.2) is 25.1 Å². The summed E-state index contributed by atoms with van der Waals surface area (Å²) >= 11 is 0. The maximum absolute atomic E-state index is 11.2. The van der Waals surface area contributed by atoms with E-state index in [4.69, 9.17) is 4.84 Å². The van der Waals surface area contributed by atoms with E-state index in [1.54, 1.807) is 14.1 Å². The summed E-state index contributed by atoms with van der Waals surface area (Å²) in [6, 6.07) is 0. The van der Waals surface area contributed by atoms with Gasteiger partial charge in [0.05, 0.1) is 0 Å². The Bertz CT molecular complexity index is 173. The second-order valence-corrected chi connectivity index (χ2v) is 2.68. The molecule has 0 bridgehead atoms. The Morgan fingerprint density at radius 2 is 2.00 bits per heavy atom. The Balaban J connectivity index is 4.13. The molecule has 0 radical (unpaired) electrons. The van der Waals surface area contributed by atoms with Crippen LogP contribution in [0, 0.1) is 0 Å². The fourth-order valence-electron chi connectivity index (χ4n) is 0.843. The highest BCUT2D eigenvalue weighted by atomic mass is 16.7. The average Bonchev–Trinajstić information content (AvgIpc) is 1.98. The highest BCUT2D eigenvalue weighted by molar-refractivity contribution is 5.88. The maximum Gasteiger partial charge on any atom is 0.352 e. The van der Waals surface area contributed by atoms with Crippen LogP contribution in [0.25, 0.3) is 0 Å². The molecule has 0 atom stereocenters. The normalized spacial score (nSPS) is 11.9. The Labute approximate surface area is 74.0 Å². The van der Waals surface area contributed by atoms with Gasteiger partial charge in [0.1, 0.15) is 0 Å². The summed E-state index contributed by atoms with van der Waals surface area (Å²) in [5.41, 5.74) is 0.742. The van der Waals surface area contributed by atoms with Crippen molar-refractivity contribution in [2.75, 3.05) is 14.1 Å². The minimum atomic E-state index is -0.246. The number of carbonyl (C=O) groups is 1. The number of hydrogen-bond acceptors (Lipinski definition) is 3. The van der Waals surface area contributed by atoms with Gasteiger partial charge in [-0.05, 0) is 12.8 Å². The fraction of sp³-hybridized carbons (Fsp3) is 0.667. The molecule has 3 heteroatoms. The molecule has 3 nitrogen and oxygen atoms in total. The maximum atomic E-state index is 11.2. The monoisotopic (exact) mass is 171 g/mol. The van der Waals surface area contributed by atoms with Crippen LogP contribution in [0.3, 0.4) is 0 Å². The van der Waals surface area contributed by atoms with Gasteiger partial charge >= 0.3 is 5.97 Å². The lowest BCUT2D eigenvalue weighted by Crippen LogP contribution is -2.19. The van der Waals surface area contributed by atoms with Gasteiger partial charge in [0, 0.05) is 19.7 Å². The van der Waals surface area contributed by atoms with E-state index in [9.17, 15) is 4.79 Å². The Morgan fingerprint density at radius 3 is 2.33 bits per heavy atom. The number of nitrogens with zero attached hydrogens (tertiary/aromatic N) is 1. The van der Waals surface area contributed by atoms with Crippen molar-refractivity contribution in [2.24, 2.45) is 0 Å². The van der Waals surface area contributed by atoms with E-state index >= 15 is 0 Å². The molecule has 0 amide bonds. The molecule has 0 aliphatic rings. The van der Waals surface area contributed by atoms with Crippen LogP contribution < -0.4 is 0 Å². The summed E-state index contributed by atoms with van der Waals surface area (Å²) < 4.78 is 0. The molecule has 0 fully saturated rings. The van der Waals surface area contributed by atoms with E-state index < -0.39 is 0 Å². The highest BCUT2D eigenvalue weighted by Crippen LogP contribution is 2.05. The molecule has 0 unspecified atom stereocenters. The van der Waals surface area contributed by atoms with Gasteiger partial charge in [-0.2, -0.15) is 0 Å². The van der Waals surface area contributed by atoms with Crippen molar-refractivity contribution in [3.8, 4) is 0 Å². The van der Waals surface area contributed by atoms with Crippen molar-refractivity contribution in [1.82, 2.24) is 5.06 Å². The molecule has 0 saturated heterocycles. The predicted octanol–water partition coefficient (Wildman–Crippen LogP) is 1.75. The van der Waals surface area contributed by atoms with Crippen molar-refractivity contribution >= 4 is 5.97 Å². The summed E-state index contributed by atoms with van der Waals surface area (Å²) in [4.78, 5) is 16.1. The molecule has 70 valence electrons. The van der Waals surface area contributed by atoms with Crippen LogP contribution in [0.2, 0.25) is 0 Å². The Hall–Kier alpha value is -0.830. The van der Waals surface area contributed by atoms with Crippen molar-refractivity contribution in [2.45, 2.75) is 26.7 Å². The lowest BCUT2D eigenvalue weighted by Gasteiger charge is -2.10. The van der Waals surface area contributed by atoms with Crippen molar-refractivity contribution in [3.63, 3.8) is 0 Å². The van der Waals surface area contributed by atoms with Crippen LogP contribution >= 0.6 is 0 Å². The van der Waals surface area contributed by atoms with Crippen molar-refractivity contribution < 1.29 is 9.63 Å². The van der Waals surface area contributed by atoms with Crippen LogP contribution in [-0.2, 0) is 9.63 Å². The molecule has 0 saturated carbocycles. The second-order valence-electron chi connectivity index (χ2n) is 2.68. The van der Waals surface area contributed by atoms with Gasteiger partial charge in [0.15, 0.2) is 0 Å². The SMILES string of the molecule is CCC=C(CC)C(=O)ON(C)C. The molecular weight excluding hydrogens is 154 g/mol. The molecule has 0 aliphatic heterocycles. The van der Waals surface area contributed by atoms with Gasteiger partial charge in [-0.15, -0.1) is 5.06 Å². The summed E-state index contributed by atoms with van der Waals surface area (Å²) in [7, 11) is 3.38. The zero-order chi connectivity index (χ0) is 9.56. The van der Waals surface area contributed by atoms with Gasteiger partial charge in [-0.3, -0.25) is 0 Å².